The topological polar surface area (TPSA) is 51.2 Å². The monoisotopic (exact) mass is 507 g/mol. The van der Waals surface area contributed by atoms with Gasteiger partial charge in [0.05, 0.1) is 19.1 Å². The number of halogens is 2. The van der Waals surface area contributed by atoms with Gasteiger partial charge >= 0.3 is 0 Å². The number of benzene rings is 1. The number of carbonyl (C=O) groups excluding carboxylic acids is 1. The molecule has 0 radical (unpaired) electrons. The predicted octanol–water partition coefficient (Wildman–Crippen LogP) is 2.81. The van der Waals surface area contributed by atoms with Crippen LogP contribution >= 0.6 is 24.0 Å². The summed E-state index contributed by atoms with van der Waals surface area (Å²) in [5.41, 5.74) is 1.00. The minimum absolute atomic E-state index is 0. The fourth-order valence-corrected chi connectivity index (χ4v) is 2.85. The summed E-state index contributed by atoms with van der Waals surface area (Å²) >= 11 is 0. The van der Waals surface area contributed by atoms with Crippen LogP contribution in [-0.2, 0) is 4.79 Å². The van der Waals surface area contributed by atoms with E-state index in [0.29, 0.717) is 32.1 Å². The number of hydrogen-bond acceptors (Lipinski definition) is 3. The minimum Gasteiger partial charge on any atom is -0.357 e. The Kier molecular flexibility index (Phi) is 13.0. The van der Waals surface area contributed by atoms with Crippen LogP contribution in [0.2, 0.25) is 0 Å². The van der Waals surface area contributed by atoms with Crippen LogP contribution in [-0.4, -0.2) is 80.4 Å². The van der Waals surface area contributed by atoms with Crippen LogP contribution in [0.25, 0.3) is 0 Å². The lowest BCUT2D eigenvalue weighted by atomic mass is 10.1. The van der Waals surface area contributed by atoms with Gasteiger partial charge in [-0.1, -0.05) is 12.1 Å². The van der Waals surface area contributed by atoms with Crippen LogP contribution in [0, 0.1) is 5.82 Å². The Balaban J connectivity index is 0.00000729. The Morgan fingerprint density at radius 3 is 2.14 bits per heavy atom. The maximum Gasteiger partial charge on any atom is 0.242 e. The van der Waals surface area contributed by atoms with Crippen LogP contribution in [0.15, 0.2) is 29.3 Å². The SMILES string of the molecule is CCNC(=NCC(c1ccc(F)cc1)N(C)C)N(C)CC(=O)N(CC)CC.I. The number of guanidine groups is 1. The van der Waals surface area contributed by atoms with Gasteiger partial charge in [-0.05, 0) is 52.6 Å². The molecule has 160 valence electrons. The molecular formula is C20H35FIN5O. The third-order valence-corrected chi connectivity index (χ3v) is 4.48. The first kappa shape index (κ1) is 26.6. The molecule has 1 amide bonds. The number of rotatable bonds is 9. The van der Waals surface area contributed by atoms with E-state index in [-0.39, 0.29) is 48.3 Å². The van der Waals surface area contributed by atoms with Crippen molar-refractivity contribution < 1.29 is 9.18 Å². The molecule has 0 spiro atoms. The normalized spacial score (nSPS) is 12.4. The van der Waals surface area contributed by atoms with Crippen LogP contribution in [0.5, 0.6) is 0 Å². The first-order valence-electron chi connectivity index (χ1n) is 9.53. The van der Waals surface area contributed by atoms with Gasteiger partial charge in [0.2, 0.25) is 5.91 Å². The van der Waals surface area contributed by atoms with Crippen molar-refractivity contribution in [2.75, 3.05) is 53.9 Å². The standard InChI is InChI=1S/C20H34FN5O.HI/c1-7-22-20(25(6)15-19(27)26(8-2)9-3)23-14-18(24(4)5)16-10-12-17(21)13-11-16;/h10-13,18H,7-9,14-15H2,1-6H3,(H,22,23);1H. The zero-order valence-corrected chi connectivity index (χ0v) is 20.2. The van der Waals surface area contributed by atoms with Gasteiger partial charge < -0.3 is 20.0 Å². The number of amides is 1. The van der Waals surface area contributed by atoms with E-state index in [1.807, 2.05) is 46.8 Å². The number of nitrogens with one attached hydrogen (secondary N) is 1. The highest BCUT2D eigenvalue weighted by atomic mass is 127. The zero-order chi connectivity index (χ0) is 20.4. The van der Waals surface area contributed by atoms with Crippen molar-refractivity contribution in [1.29, 1.82) is 0 Å². The fourth-order valence-electron chi connectivity index (χ4n) is 2.85. The summed E-state index contributed by atoms with van der Waals surface area (Å²) in [6.45, 7) is 8.84. The van der Waals surface area contributed by atoms with E-state index >= 15 is 0 Å². The molecule has 28 heavy (non-hydrogen) atoms. The number of likely N-dealkylation sites (N-methyl/N-ethyl adjacent to an activating group) is 3. The van der Waals surface area contributed by atoms with Crippen molar-refractivity contribution >= 4 is 35.8 Å². The summed E-state index contributed by atoms with van der Waals surface area (Å²) < 4.78 is 13.2. The van der Waals surface area contributed by atoms with Crippen LogP contribution in [0.1, 0.15) is 32.4 Å². The number of aliphatic imine (C=N–C) groups is 1. The molecule has 1 aromatic rings. The fraction of sp³-hybridized carbons (Fsp3) is 0.600. The van der Waals surface area contributed by atoms with Crippen molar-refractivity contribution in [3.63, 3.8) is 0 Å². The van der Waals surface area contributed by atoms with E-state index < -0.39 is 0 Å². The summed E-state index contributed by atoms with van der Waals surface area (Å²) in [5, 5.41) is 3.24. The number of nitrogens with zero attached hydrogens (tertiary/aromatic N) is 4. The summed E-state index contributed by atoms with van der Waals surface area (Å²) in [7, 11) is 5.82. The van der Waals surface area contributed by atoms with Gasteiger partial charge in [-0.15, -0.1) is 24.0 Å². The number of hydrogen-bond donors (Lipinski definition) is 1. The summed E-state index contributed by atoms with van der Waals surface area (Å²) in [4.78, 5) is 22.8. The lowest BCUT2D eigenvalue weighted by Crippen LogP contribution is -2.46. The second kappa shape index (κ2) is 13.7. The van der Waals surface area contributed by atoms with Gasteiger partial charge in [0.1, 0.15) is 5.82 Å². The maximum atomic E-state index is 13.2. The third kappa shape index (κ3) is 8.30. The van der Waals surface area contributed by atoms with E-state index in [1.54, 1.807) is 17.0 Å². The summed E-state index contributed by atoms with van der Waals surface area (Å²) in [6, 6.07) is 6.53. The highest BCUT2D eigenvalue weighted by Crippen LogP contribution is 2.19. The van der Waals surface area contributed by atoms with Crippen molar-refractivity contribution in [2.24, 2.45) is 4.99 Å². The molecule has 6 nitrogen and oxygen atoms in total. The first-order valence-corrected chi connectivity index (χ1v) is 9.53. The Hall–Kier alpha value is -1.42. The van der Waals surface area contributed by atoms with E-state index in [0.717, 1.165) is 5.56 Å². The molecule has 0 heterocycles. The molecule has 8 heteroatoms. The largest absolute Gasteiger partial charge is 0.357 e. The summed E-state index contributed by atoms with van der Waals surface area (Å²) in [5.74, 6) is 0.519. The zero-order valence-electron chi connectivity index (χ0n) is 17.9. The minimum atomic E-state index is -0.247. The molecule has 1 N–H and O–H groups in total. The highest BCUT2D eigenvalue weighted by molar-refractivity contribution is 14.0. The Morgan fingerprint density at radius 1 is 1.11 bits per heavy atom. The predicted molar refractivity (Wildman–Crippen MR) is 125 cm³/mol. The Bertz CT molecular complexity index is 605. The molecule has 0 aliphatic rings. The van der Waals surface area contributed by atoms with E-state index in [2.05, 4.69) is 10.2 Å². The molecule has 0 aliphatic carbocycles. The van der Waals surface area contributed by atoms with Gasteiger partial charge in [0.25, 0.3) is 0 Å². The first-order chi connectivity index (χ1) is 12.8. The van der Waals surface area contributed by atoms with Crippen LogP contribution < -0.4 is 5.32 Å². The van der Waals surface area contributed by atoms with E-state index in [4.69, 9.17) is 4.99 Å². The molecule has 1 rings (SSSR count). The molecule has 0 fully saturated rings. The van der Waals surface area contributed by atoms with Crippen molar-refractivity contribution in [2.45, 2.75) is 26.8 Å². The maximum absolute atomic E-state index is 13.2. The molecule has 1 unspecified atom stereocenters. The van der Waals surface area contributed by atoms with Crippen molar-refractivity contribution in [3.05, 3.63) is 35.6 Å². The molecule has 1 aromatic carbocycles. The summed E-state index contributed by atoms with van der Waals surface area (Å²) in [6.07, 6.45) is 0. The second-order valence-electron chi connectivity index (χ2n) is 6.65. The smallest absolute Gasteiger partial charge is 0.242 e. The lowest BCUT2D eigenvalue weighted by Gasteiger charge is -2.27. The second-order valence-corrected chi connectivity index (χ2v) is 6.65. The Labute approximate surface area is 186 Å². The van der Waals surface area contributed by atoms with Gasteiger partial charge in [0.15, 0.2) is 5.96 Å². The van der Waals surface area contributed by atoms with Crippen molar-refractivity contribution in [1.82, 2.24) is 20.0 Å². The average molecular weight is 507 g/mol. The average Bonchev–Trinajstić information content (AvgIpc) is 2.63. The molecule has 0 bridgehead atoms. The molecule has 0 aromatic heterocycles. The van der Waals surface area contributed by atoms with Crippen LogP contribution in [0.4, 0.5) is 4.39 Å². The van der Waals surface area contributed by atoms with Gasteiger partial charge in [-0.3, -0.25) is 9.79 Å². The number of carbonyl (C=O) groups is 1. The van der Waals surface area contributed by atoms with Crippen molar-refractivity contribution in [3.8, 4) is 0 Å². The molecule has 0 aliphatic heterocycles. The van der Waals surface area contributed by atoms with E-state index in [1.165, 1.54) is 12.1 Å². The molecule has 0 saturated carbocycles. The van der Waals surface area contributed by atoms with Gasteiger partial charge in [-0.25, -0.2) is 4.39 Å². The molecule has 1 atom stereocenters. The van der Waals surface area contributed by atoms with Crippen LogP contribution in [0.3, 0.4) is 0 Å². The Morgan fingerprint density at radius 2 is 1.68 bits per heavy atom. The van der Waals surface area contributed by atoms with Gasteiger partial charge in [-0.2, -0.15) is 0 Å². The third-order valence-electron chi connectivity index (χ3n) is 4.48. The quantitative estimate of drug-likeness (QED) is 0.318. The molecule has 0 saturated heterocycles. The van der Waals surface area contributed by atoms with E-state index in [9.17, 15) is 9.18 Å². The lowest BCUT2D eigenvalue weighted by molar-refractivity contribution is -0.131. The molecular weight excluding hydrogens is 472 g/mol. The highest BCUT2D eigenvalue weighted by Gasteiger charge is 2.17. The van der Waals surface area contributed by atoms with Gasteiger partial charge in [0, 0.05) is 26.7 Å².